The highest BCUT2D eigenvalue weighted by Gasteiger charge is 2.18. The lowest BCUT2D eigenvalue weighted by molar-refractivity contribution is 0.156. The monoisotopic (exact) mass is 272 g/mol. The number of aryl methyl sites for hydroxylation is 2. The van der Waals surface area contributed by atoms with Crippen molar-refractivity contribution in [3.63, 3.8) is 0 Å². The molecule has 1 atom stereocenters. The summed E-state index contributed by atoms with van der Waals surface area (Å²) < 4.78 is 7.66. The third-order valence-corrected chi connectivity index (χ3v) is 3.95. The Labute approximate surface area is 119 Å². The van der Waals surface area contributed by atoms with Crippen molar-refractivity contribution in [2.75, 3.05) is 6.61 Å². The van der Waals surface area contributed by atoms with Crippen molar-refractivity contribution in [3.8, 4) is 5.75 Å². The van der Waals surface area contributed by atoms with Gasteiger partial charge in [-0.1, -0.05) is 6.07 Å². The van der Waals surface area contributed by atoms with Crippen LogP contribution in [0.1, 0.15) is 35.8 Å². The molecule has 106 valence electrons. The van der Waals surface area contributed by atoms with Crippen LogP contribution in [-0.2, 0) is 19.9 Å². The maximum atomic E-state index is 10.0. The summed E-state index contributed by atoms with van der Waals surface area (Å²) in [5.74, 6) is 0.840. The Balaban J connectivity index is 1.63. The Hall–Kier alpha value is -1.81. The average Bonchev–Trinajstić information content (AvgIpc) is 2.85. The number of aliphatic hydroxyl groups excluding tert-OH is 1. The number of aromatic nitrogens is 2. The smallest absolute Gasteiger partial charge is 0.119 e. The quantitative estimate of drug-likeness (QED) is 0.929. The van der Waals surface area contributed by atoms with Crippen LogP contribution in [0.4, 0.5) is 0 Å². The first-order chi connectivity index (χ1) is 9.74. The molecule has 0 saturated heterocycles. The lowest BCUT2D eigenvalue weighted by Crippen LogP contribution is -2.10. The molecular formula is C16H20N2O2. The molecule has 1 heterocycles. The summed E-state index contributed by atoms with van der Waals surface area (Å²) in [6.45, 7) is 0.619. The predicted octanol–water partition coefficient (Wildman–Crippen LogP) is 2.41. The molecule has 0 amide bonds. The highest BCUT2D eigenvalue weighted by molar-refractivity contribution is 5.38. The minimum atomic E-state index is -0.334. The Morgan fingerprint density at radius 3 is 3.10 bits per heavy atom. The fourth-order valence-electron chi connectivity index (χ4n) is 2.76. The Kier molecular flexibility index (Phi) is 3.74. The van der Waals surface area contributed by atoms with E-state index in [0.717, 1.165) is 42.7 Å². The van der Waals surface area contributed by atoms with Gasteiger partial charge in [-0.05, 0) is 48.6 Å². The van der Waals surface area contributed by atoms with Crippen LogP contribution in [0.3, 0.4) is 0 Å². The van der Waals surface area contributed by atoms with Crippen LogP contribution in [-0.4, -0.2) is 21.5 Å². The fourth-order valence-corrected chi connectivity index (χ4v) is 2.76. The highest BCUT2D eigenvalue weighted by atomic mass is 16.5. The molecule has 0 saturated carbocycles. The second-order valence-corrected chi connectivity index (χ2v) is 5.31. The number of hydrogen-bond donors (Lipinski definition) is 1. The summed E-state index contributed by atoms with van der Waals surface area (Å²) >= 11 is 0. The normalized spacial score (nSPS) is 17.8. The molecule has 1 aliphatic carbocycles. The number of ether oxygens (including phenoxy) is 1. The van der Waals surface area contributed by atoms with Gasteiger partial charge < -0.3 is 9.84 Å². The number of hydrogen-bond acceptors (Lipinski definition) is 3. The van der Waals surface area contributed by atoms with Gasteiger partial charge >= 0.3 is 0 Å². The molecule has 4 heteroatoms. The van der Waals surface area contributed by atoms with E-state index in [0.29, 0.717) is 6.61 Å². The van der Waals surface area contributed by atoms with Crippen molar-refractivity contribution >= 4 is 0 Å². The van der Waals surface area contributed by atoms with E-state index < -0.39 is 0 Å². The number of aliphatic hydroxyl groups is 1. The second-order valence-electron chi connectivity index (χ2n) is 5.31. The van der Waals surface area contributed by atoms with Crippen molar-refractivity contribution in [2.24, 2.45) is 7.05 Å². The Morgan fingerprint density at radius 2 is 2.30 bits per heavy atom. The van der Waals surface area contributed by atoms with Gasteiger partial charge in [0.05, 0.1) is 12.7 Å². The van der Waals surface area contributed by atoms with E-state index in [9.17, 15) is 5.11 Å². The Morgan fingerprint density at radius 1 is 1.40 bits per heavy atom. The fraction of sp³-hybridized carbons (Fsp3) is 0.438. The highest BCUT2D eigenvalue weighted by Crippen LogP contribution is 2.32. The lowest BCUT2D eigenvalue weighted by atomic mass is 9.89. The van der Waals surface area contributed by atoms with Crippen molar-refractivity contribution in [2.45, 2.75) is 31.8 Å². The van der Waals surface area contributed by atoms with E-state index in [-0.39, 0.29) is 6.10 Å². The maximum absolute atomic E-state index is 10.0. The molecule has 1 aromatic heterocycles. The zero-order chi connectivity index (χ0) is 13.9. The van der Waals surface area contributed by atoms with Crippen LogP contribution in [0, 0.1) is 0 Å². The van der Waals surface area contributed by atoms with E-state index >= 15 is 0 Å². The topological polar surface area (TPSA) is 47.3 Å². The summed E-state index contributed by atoms with van der Waals surface area (Å²) in [6.07, 6.45) is 5.27. The van der Waals surface area contributed by atoms with Crippen LogP contribution in [0.25, 0.3) is 0 Å². The number of nitrogens with zero attached hydrogens (tertiary/aromatic N) is 2. The minimum absolute atomic E-state index is 0.334. The lowest BCUT2D eigenvalue weighted by Gasteiger charge is -2.22. The van der Waals surface area contributed by atoms with E-state index in [2.05, 4.69) is 11.2 Å². The molecule has 4 nitrogen and oxygen atoms in total. The SMILES string of the molecule is Cn1nccc1CCOc1ccc2c(c1)[C@@H](O)CCC2. The van der Waals surface area contributed by atoms with Crippen molar-refractivity contribution in [1.82, 2.24) is 9.78 Å². The van der Waals surface area contributed by atoms with E-state index in [1.54, 1.807) is 6.20 Å². The molecule has 3 rings (SSSR count). The van der Waals surface area contributed by atoms with Crippen LogP contribution >= 0.6 is 0 Å². The van der Waals surface area contributed by atoms with Crippen molar-refractivity contribution in [1.29, 1.82) is 0 Å². The van der Waals surface area contributed by atoms with Crippen LogP contribution < -0.4 is 4.74 Å². The third kappa shape index (κ3) is 2.70. The van der Waals surface area contributed by atoms with Crippen molar-refractivity contribution < 1.29 is 9.84 Å². The molecular weight excluding hydrogens is 252 g/mol. The van der Waals surface area contributed by atoms with E-state index in [4.69, 9.17) is 4.74 Å². The maximum Gasteiger partial charge on any atom is 0.119 e. The molecule has 1 aliphatic rings. The summed E-state index contributed by atoms with van der Waals surface area (Å²) in [7, 11) is 1.94. The van der Waals surface area contributed by atoms with Gasteiger partial charge in [-0.25, -0.2) is 0 Å². The summed E-state index contributed by atoms with van der Waals surface area (Å²) in [4.78, 5) is 0. The van der Waals surface area contributed by atoms with Gasteiger partial charge in [-0.2, -0.15) is 5.10 Å². The first-order valence-electron chi connectivity index (χ1n) is 7.14. The molecule has 1 N–H and O–H groups in total. The molecule has 0 bridgehead atoms. The van der Waals surface area contributed by atoms with Crippen LogP contribution in [0.15, 0.2) is 30.5 Å². The molecule has 0 aliphatic heterocycles. The van der Waals surface area contributed by atoms with Gasteiger partial charge in [0, 0.05) is 25.4 Å². The number of benzene rings is 1. The summed E-state index contributed by atoms with van der Waals surface area (Å²) in [5.41, 5.74) is 3.44. The van der Waals surface area contributed by atoms with Gasteiger partial charge in [-0.3, -0.25) is 4.68 Å². The van der Waals surface area contributed by atoms with Gasteiger partial charge in [-0.15, -0.1) is 0 Å². The van der Waals surface area contributed by atoms with Crippen molar-refractivity contribution in [3.05, 3.63) is 47.3 Å². The number of rotatable bonds is 4. The van der Waals surface area contributed by atoms with Gasteiger partial charge in [0.15, 0.2) is 0 Å². The molecule has 2 aromatic rings. The van der Waals surface area contributed by atoms with Crippen LogP contribution in [0.5, 0.6) is 5.75 Å². The summed E-state index contributed by atoms with van der Waals surface area (Å²) in [5, 5.41) is 14.2. The number of fused-ring (bicyclic) bond motifs is 1. The molecule has 0 unspecified atom stereocenters. The van der Waals surface area contributed by atoms with Crippen LogP contribution in [0.2, 0.25) is 0 Å². The van der Waals surface area contributed by atoms with E-state index in [1.807, 2.05) is 29.9 Å². The van der Waals surface area contributed by atoms with Gasteiger partial charge in [0.25, 0.3) is 0 Å². The first-order valence-corrected chi connectivity index (χ1v) is 7.14. The standard InChI is InChI=1S/C16H20N2O2/c1-18-13(7-9-17-18)8-10-20-14-6-5-12-3-2-4-16(19)15(12)11-14/h5-7,9,11,16,19H,2-4,8,10H2,1H3/t16-/m0/s1. The zero-order valence-corrected chi connectivity index (χ0v) is 11.7. The van der Waals surface area contributed by atoms with E-state index in [1.165, 1.54) is 5.56 Å². The zero-order valence-electron chi connectivity index (χ0n) is 11.7. The first kappa shape index (κ1) is 13.2. The largest absolute Gasteiger partial charge is 0.493 e. The Bertz CT molecular complexity index is 592. The van der Waals surface area contributed by atoms with Gasteiger partial charge in [0.1, 0.15) is 5.75 Å². The summed E-state index contributed by atoms with van der Waals surface area (Å²) in [6, 6.07) is 8.07. The molecule has 0 radical (unpaired) electrons. The minimum Gasteiger partial charge on any atom is -0.493 e. The molecule has 20 heavy (non-hydrogen) atoms. The second kappa shape index (κ2) is 5.67. The molecule has 0 spiro atoms. The third-order valence-electron chi connectivity index (χ3n) is 3.95. The predicted molar refractivity (Wildman–Crippen MR) is 76.7 cm³/mol. The van der Waals surface area contributed by atoms with Gasteiger partial charge in [0.2, 0.25) is 0 Å². The molecule has 0 fully saturated rings. The molecule has 1 aromatic carbocycles. The average molecular weight is 272 g/mol.